The minimum Gasteiger partial charge on any atom is -0.493 e. The summed E-state index contributed by atoms with van der Waals surface area (Å²) in [6.45, 7) is 3.94. The molecule has 0 aliphatic carbocycles. The van der Waals surface area contributed by atoms with Gasteiger partial charge >= 0.3 is 0 Å². The summed E-state index contributed by atoms with van der Waals surface area (Å²) in [5.41, 5.74) is 6.82. The van der Waals surface area contributed by atoms with Crippen LogP contribution in [-0.4, -0.2) is 44.7 Å². The zero-order valence-corrected chi connectivity index (χ0v) is 15.2. The SMILES string of the molecule is Cc1ccc(NC(=O)CNC(=O)CN)cc1OCC1CCOCC1.Cl. The standard InChI is InChI=1S/C17H25N3O4.ClH/c1-12-2-3-14(20-17(22)10-19-16(21)9-18)8-15(12)24-11-13-4-6-23-7-5-13;/h2-3,8,13H,4-7,9-11,18H2,1H3,(H,19,21)(H,20,22);1H. The number of hydrogen-bond donors (Lipinski definition) is 3. The maximum Gasteiger partial charge on any atom is 0.243 e. The van der Waals surface area contributed by atoms with E-state index in [-0.39, 0.29) is 37.3 Å². The Bertz CT molecular complexity index is 577. The number of aryl methyl sites for hydroxylation is 1. The molecule has 0 spiro atoms. The van der Waals surface area contributed by atoms with E-state index in [1.54, 1.807) is 12.1 Å². The Morgan fingerprint density at radius 1 is 1.28 bits per heavy atom. The number of carbonyl (C=O) groups is 2. The lowest BCUT2D eigenvalue weighted by Gasteiger charge is -2.22. The molecule has 0 bridgehead atoms. The van der Waals surface area contributed by atoms with Crippen molar-refractivity contribution < 1.29 is 19.1 Å². The van der Waals surface area contributed by atoms with E-state index in [1.807, 2.05) is 13.0 Å². The van der Waals surface area contributed by atoms with Crippen LogP contribution >= 0.6 is 12.4 Å². The summed E-state index contributed by atoms with van der Waals surface area (Å²) in [7, 11) is 0. The van der Waals surface area contributed by atoms with Crippen molar-refractivity contribution in [1.82, 2.24) is 5.32 Å². The summed E-state index contributed by atoms with van der Waals surface area (Å²) in [4.78, 5) is 22.9. The summed E-state index contributed by atoms with van der Waals surface area (Å²) >= 11 is 0. The molecule has 1 saturated heterocycles. The Morgan fingerprint density at radius 3 is 2.68 bits per heavy atom. The van der Waals surface area contributed by atoms with E-state index < -0.39 is 0 Å². The molecule has 0 atom stereocenters. The predicted octanol–water partition coefficient (Wildman–Crippen LogP) is 1.24. The molecule has 7 nitrogen and oxygen atoms in total. The van der Waals surface area contributed by atoms with Gasteiger partial charge in [0.05, 0.1) is 19.7 Å². The Kier molecular flexibility index (Phi) is 9.26. The maximum atomic E-state index is 11.8. The topological polar surface area (TPSA) is 103 Å². The summed E-state index contributed by atoms with van der Waals surface area (Å²) < 4.78 is 11.3. The first-order valence-electron chi connectivity index (χ1n) is 8.16. The molecule has 8 heteroatoms. The van der Waals surface area contributed by atoms with Crippen molar-refractivity contribution >= 4 is 29.9 Å². The van der Waals surface area contributed by atoms with E-state index in [0.717, 1.165) is 37.4 Å². The zero-order chi connectivity index (χ0) is 17.4. The van der Waals surface area contributed by atoms with Gasteiger partial charge in [-0.25, -0.2) is 0 Å². The number of ether oxygens (including phenoxy) is 2. The quantitative estimate of drug-likeness (QED) is 0.669. The van der Waals surface area contributed by atoms with Crippen LogP contribution in [0.5, 0.6) is 5.75 Å². The number of rotatable bonds is 7. The first kappa shape index (κ1) is 21.2. The Morgan fingerprint density at radius 2 is 2.00 bits per heavy atom. The van der Waals surface area contributed by atoms with Crippen molar-refractivity contribution in [2.24, 2.45) is 11.7 Å². The second-order valence-corrected chi connectivity index (χ2v) is 5.88. The molecule has 1 aromatic rings. The summed E-state index contributed by atoms with van der Waals surface area (Å²) in [6, 6.07) is 5.50. The summed E-state index contributed by atoms with van der Waals surface area (Å²) in [6.07, 6.45) is 2.02. The highest BCUT2D eigenvalue weighted by atomic mass is 35.5. The molecular weight excluding hydrogens is 346 g/mol. The number of anilines is 1. The van der Waals surface area contributed by atoms with Crippen molar-refractivity contribution in [3.63, 3.8) is 0 Å². The Hall–Kier alpha value is -1.83. The second-order valence-electron chi connectivity index (χ2n) is 5.88. The zero-order valence-electron chi connectivity index (χ0n) is 14.4. The van der Waals surface area contributed by atoms with Gasteiger partial charge in [-0.1, -0.05) is 6.07 Å². The van der Waals surface area contributed by atoms with Crippen LogP contribution in [0.3, 0.4) is 0 Å². The molecule has 0 radical (unpaired) electrons. The number of nitrogens with one attached hydrogen (secondary N) is 2. The van der Waals surface area contributed by atoms with E-state index in [4.69, 9.17) is 15.2 Å². The van der Waals surface area contributed by atoms with Crippen molar-refractivity contribution in [3.8, 4) is 5.75 Å². The molecular formula is C17H26ClN3O4. The Labute approximate surface area is 154 Å². The largest absolute Gasteiger partial charge is 0.493 e. The highest BCUT2D eigenvalue weighted by Gasteiger charge is 2.15. The van der Waals surface area contributed by atoms with Crippen LogP contribution in [0.2, 0.25) is 0 Å². The monoisotopic (exact) mass is 371 g/mol. The van der Waals surface area contributed by atoms with Crippen molar-refractivity contribution in [1.29, 1.82) is 0 Å². The van der Waals surface area contributed by atoms with Crippen LogP contribution < -0.4 is 21.1 Å². The minimum atomic E-state index is -0.366. The van der Waals surface area contributed by atoms with Gasteiger partial charge in [-0.3, -0.25) is 9.59 Å². The molecule has 0 unspecified atom stereocenters. The van der Waals surface area contributed by atoms with Gasteiger partial charge in [0.15, 0.2) is 0 Å². The van der Waals surface area contributed by atoms with Crippen LogP contribution in [0.1, 0.15) is 18.4 Å². The van der Waals surface area contributed by atoms with Crippen molar-refractivity contribution in [2.75, 3.05) is 38.2 Å². The van der Waals surface area contributed by atoms with E-state index in [1.165, 1.54) is 0 Å². The molecule has 1 aliphatic rings. The molecule has 0 aromatic heterocycles. The summed E-state index contributed by atoms with van der Waals surface area (Å²) in [5.74, 6) is 0.582. The third-order valence-electron chi connectivity index (χ3n) is 3.92. The second kappa shape index (κ2) is 10.9. The number of carbonyl (C=O) groups excluding carboxylic acids is 2. The maximum absolute atomic E-state index is 11.8. The highest BCUT2D eigenvalue weighted by molar-refractivity contribution is 5.94. The predicted molar refractivity (Wildman–Crippen MR) is 98.2 cm³/mol. The first-order valence-corrected chi connectivity index (χ1v) is 8.16. The van der Waals surface area contributed by atoms with Crippen LogP contribution in [0.4, 0.5) is 5.69 Å². The van der Waals surface area contributed by atoms with Gasteiger partial charge in [0.25, 0.3) is 0 Å². The van der Waals surface area contributed by atoms with Gasteiger partial charge in [0.2, 0.25) is 11.8 Å². The third kappa shape index (κ3) is 7.29. The fraction of sp³-hybridized carbons (Fsp3) is 0.529. The molecule has 25 heavy (non-hydrogen) atoms. The van der Waals surface area contributed by atoms with E-state index >= 15 is 0 Å². The highest BCUT2D eigenvalue weighted by Crippen LogP contribution is 2.24. The number of halogens is 1. The van der Waals surface area contributed by atoms with Crippen molar-refractivity contribution in [2.45, 2.75) is 19.8 Å². The molecule has 1 aliphatic heterocycles. The van der Waals surface area contributed by atoms with Gasteiger partial charge in [0.1, 0.15) is 5.75 Å². The van der Waals surface area contributed by atoms with Gasteiger partial charge in [0, 0.05) is 25.0 Å². The molecule has 4 N–H and O–H groups in total. The Balaban J connectivity index is 0.00000312. The number of amides is 2. The number of nitrogens with two attached hydrogens (primary N) is 1. The van der Waals surface area contributed by atoms with Crippen LogP contribution in [0, 0.1) is 12.8 Å². The number of hydrogen-bond acceptors (Lipinski definition) is 5. The normalized spacial score (nSPS) is 14.3. The van der Waals surface area contributed by atoms with Gasteiger partial charge in [-0.2, -0.15) is 0 Å². The first-order chi connectivity index (χ1) is 11.6. The molecule has 1 aromatic carbocycles. The summed E-state index contributed by atoms with van der Waals surface area (Å²) in [5, 5.41) is 5.16. The average Bonchev–Trinajstić information content (AvgIpc) is 2.61. The van der Waals surface area contributed by atoms with Crippen molar-refractivity contribution in [3.05, 3.63) is 23.8 Å². The van der Waals surface area contributed by atoms with E-state index in [9.17, 15) is 9.59 Å². The lowest BCUT2D eigenvalue weighted by atomic mass is 10.0. The average molecular weight is 372 g/mol. The van der Waals surface area contributed by atoms with Gasteiger partial charge in [-0.05, 0) is 37.3 Å². The molecule has 2 amide bonds. The molecule has 0 saturated carbocycles. The van der Waals surface area contributed by atoms with Gasteiger partial charge < -0.3 is 25.8 Å². The van der Waals surface area contributed by atoms with Gasteiger partial charge in [-0.15, -0.1) is 12.4 Å². The minimum absolute atomic E-state index is 0. The third-order valence-corrected chi connectivity index (χ3v) is 3.92. The van der Waals surface area contributed by atoms with E-state index in [0.29, 0.717) is 18.2 Å². The lowest BCUT2D eigenvalue weighted by molar-refractivity contribution is -0.123. The molecule has 140 valence electrons. The van der Waals surface area contributed by atoms with Crippen LogP contribution in [0.15, 0.2) is 18.2 Å². The smallest absolute Gasteiger partial charge is 0.243 e. The van der Waals surface area contributed by atoms with Crippen LogP contribution in [0.25, 0.3) is 0 Å². The fourth-order valence-corrected chi connectivity index (χ4v) is 2.41. The molecule has 2 rings (SSSR count). The molecule has 1 fully saturated rings. The fourth-order valence-electron chi connectivity index (χ4n) is 2.41. The number of benzene rings is 1. The molecule has 1 heterocycles. The van der Waals surface area contributed by atoms with E-state index in [2.05, 4.69) is 10.6 Å². The lowest BCUT2D eigenvalue weighted by Crippen LogP contribution is -2.36. The van der Waals surface area contributed by atoms with Crippen LogP contribution in [-0.2, 0) is 14.3 Å².